The van der Waals surface area contributed by atoms with Gasteiger partial charge in [0.15, 0.2) is 0 Å². The highest BCUT2D eigenvalue weighted by atomic mass is 16.1. The van der Waals surface area contributed by atoms with E-state index in [1.807, 2.05) is 49.2 Å². The van der Waals surface area contributed by atoms with E-state index < -0.39 is 0 Å². The van der Waals surface area contributed by atoms with Crippen molar-refractivity contribution in [2.24, 2.45) is 0 Å². The van der Waals surface area contributed by atoms with E-state index in [0.29, 0.717) is 12.5 Å². The molecule has 0 amide bonds. The molecule has 0 aliphatic carbocycles. The Morgan fingerprint density at radius 2 is 2.00 bits per heavy atom. The number of hydrogen-bond acceptors (Lipinski definition) is 3. The molecular formula is C13H15N3O. The Kier molecular flexibility index (Phi) is 3.23. The Labute approximate surface area is 99.9 Å². The summed E-state index contributed by atoms with van der Waals surface area (Å²) in [5.41, 5.74) is 1.79. The van der Waals surface area contributed by atoms with E-state index >= 15 is 0 Å². The molecule has 4 nitrogen and oxygen atoms in total. The van der Waals surface area contributed by atoms with E-state index in [1.54, 1.807) is 0 Å². The van der Waals surface area contributed by atoms with Gasteiger partial charge in [0.25, 0.3) is 5.56 Å². The van der Waals surface area contributed by atoms with E-state index in [2.05, 4.69) is 9.97 Å². The summed E-state index contributed by atoms with van der Waals surface area (Å²) < 4.78 is 0. The van der Waals surface area contributed by atoms with E-state index in [0.717, 1.165) is 5.69 Å². The first-order valence-corrected chi connectivity index (χ1v) is 5.48. The predicted octanol–water partition coefficient (Wildman–Crippen LogP) is 1.71. The standard InChI is InChI=1S/C13H15N3O/c1-10-8-12(17)15-13(14-10)16(2)9-11-6-4-3-5-7-11/h3-8H,9H2,1-2H3,(H,14,15,17). The highest BCUT2D eigenvalue weighted by molar-refractivity contribution is 5.31. The molecule has 2 aromatic rings. The Morgan fingerprint density at radius 1 is 1.29 bits per heavy atom. The normalized spacial score (nSPS) is 10.2. The van der Waals surface area contributed by atoms with Crippen LogP contribution < -0.4 is 10.5 Å². The Balaban J connectivity index is 2.20. The van der Waals surface area contributed by atoms with Crippen LogP contribution in [0.1, 0.15) is 11.3 Å². The van der Waals surface area contributed by atoms with Gasteiger partial charge in [-0.05, 0) is 12.5 Å². The zero-order valence-electron chi connectivity index (χ0n) is 9.97. The second-order valence-electron chi connectivity index (χ2n) is 4.05. The molecule has 0 radical (unpaired) electrons. The maximum absolute atomic E-state index is 11.3. The van der Waals surface area contributed by atoms with Gasteiger partial charge in [-0.15, -0.1) is 0 Å². The molecule has 0 unspecified atom stereocenters. The Hall–Kier alpha value is -2.10. The predicted molar refractivity (Wildman–Crippen MR) is 68.1 cm³/mol. The minimum absolute atomic E-state index is 0.118. The molecule has 2 rings (SSSR count). The SMILES string of the molecule is Cc1cc(=O)[nH]c(N(C)Cc2ccccc2)n1. The van der Waals surface area contributed by atoms with Crippen LogP contribution in [-0.4, -0.2) is 17.0 Å². The molecule has 1 N–H and O–H groups in total. The number of aromatic nitrogens is 2. The fraction of sp³-hybridized carbons (Fsp3) is 0.231. The van der Waals surface area contributed by atoms with E-state index in [-0.39, 0.29) is 5.56 Å². The topological polar surface area (TPSA) is 49.0 Å². The summed E-state index contributed by atoms with van der Waals surface area (Å²) in [6.45, 7) is 2.53. The number of hydrogen-bond donors (Lipinski definition) is 1. The van der Waals surface area contributed by atoms with Crippen molar-refractivity contribution >= 4 is 5.95 Å². The molecule has 0 fully saturated rings. The average molecular weight is 229 g/mol. The fourth-order valence-corrected chi connectivity index (χ4v) is 1.68. The molecule has 1 aromatic carbocycles. The summed E-state index contributed by atoms with van der Waals surface area (Å²) in [6.07, 6.45) is 0. The number of benzene rings is 1. The van der Waals surface area contributed by atoms with Gasteiger partial charge in [-0.25, -0.2) is 4.98 Å². The molecule has 17 heavy (non-hydrogen) atoms. The van der Waals surface area contributed by atoms with Gasteiger partial charge in [0.1, 0.15) is 0 Å². The first kappa shape index (κ1) is 11.4. The van der Waals surface area contributed by atoms with Crippen molar-refractivity contribution in [2.75, 3.05) is 11.9 Å². The summed E-state index contributed by atoms with van der Waals surface area (Å²) in [4.78, 5) is 20.3. The average Bonchev–Trinajstić information content (AvgIpc) is 2.29. The zero-order valence-corrected chi connectivity index (χ0v) is 9.97. The lowest BCUT2D eigenvalue weighted by Gasteiger charge is -2.17. The molecule has 1 aromatic heterocycles. The molecule has 0 bridgehead atoms. The lowest BCUT2D eigenvalue weighted by molar-refractivity contribution is 0.852. The van der Waals surface area contributed by atoms with Gasteiger partial charge in [-0.3, -0.25) is 9.78 Å². The van der Waals surface area contributed by atoms with Gasteiger partial charge < -0.3 is 4.90 Å². The molecule has 0 saturated heterocycles. The van der Waals surface area contributed by atoms with Gasteiger partial charge in [0.2, 0.25) is 5.95 Å². The van der Waals surface area contributed by atoms with Crippen LogP contribution in [0.25, 0.3) is 0 Å². The van der Waals surface area contributed by atoms with Crippen LogP contribution in [0.5, 0.6) is 0 Å². The largest absolute Gasteiger partial charge is 0.341 e. The third kappa shape index (κ3) is 2.93. The molecule has 4 heteroatoms. The van der Waals surface area contributed by atoms with E-state index in [9.17, 15) is 4.79 Å². The van der Waals surface area contributed by atoms with Crippen LogP contribution >= 0.6 is 0 Å². The van der Waals surface area contributed by atoms with Crippen LogP contribution in [-0.2, 0) is 6.54 Å². The van der Waals surface area contributed by atoms with Crippen LogP contribution in [0.15, 0.2) is 41.2 Å². The smallest absolute Gasteiger partial charge is 0.252 e. The number of H-pyrrole nitrogens is 1. The van der Waals surface area contributed by atoms with Crippen molar-refractivity contribution in [3.63, 3.8) is 0 Å². The second-order valence-corrected chi connectivity index (χ2v) is 4.05. The van der Waals surface area contributed by atoms with Gasteiger partial charge in [0.05, 0.1) is 0 Å². The number of nitrogens with one attached hydrogen (secondary N) is 1. The Bertz CT molecular complexity index is 548. The van der Waals surface area contributed by atoms with Crippen LogP contribution in [0.2, 0.25) is 0 Å². The van der Waals surface area contributed by atoms with Gasteiger partial charge in [-0.2, -0.15) is 0 Å². The third-order valence-corrected chi connectivity index (χ3v) is 2.48. The van der Waals surface area contributed by atoms with Crippen molar-refractivity contribution in [1.29, 1.82) is 0 Å². The second kappa shape index (κ2) is 4.82. The molecule has 0 aliphatic rings. The van der Waals surface area contributed by atoms with Gasteiger partial charge in [0, 0.05) is 25.4 Å². The Morgan fingerprint density at radius 3 is 2.65 bits per heavy atom. The van der Waals surface area contributed by atoms with Crippen LogP contribution in [0.4, 0.5) is 5.95 Å². The first-order chi connectivity index (χ1) is 8.15. The van der Waals surface area contributed by atoms with Crippen LogP contribution in [0, 0.1) is 6.92 Å². The quantitative estimate of drug-likeness (QED) is 0.871. The number of nitrogens with zero attached hydrogens (tertiary/aromatic N) is 2. The summed E-state index contributed by atoms with van der Waals surface area (Å²) in [5, 5.41) is 0. The minimum Gasteiger partial charge on any atom is -0.341 e. The summed E-state index contributed by atoms with van der Waals surface area (Å²) in [6, 6.07) is 11.6. The van der Waals surface area contributed by atoms with Crippen LogP contribution in [0.3, 0.4) is 0 Å². The number of rotatable bonds is 3. The lowest BCUT2D eigenvalue weighted by Crippen LogP contribution is -2.22. The molecule has 88 valence electrons. The summed E-state index contributed by atoms with van der Waals surface area (Å²) in [7, 11) is 1.91. The number of aryl methyl sites for hydroxylation is 1. The third-order valence-electron chi connectivity index (χ3n) is 2.48. The minimum atomic E-state index is -0.118. The van der Waals surface area contributed by atoms with Crippen molar-refractivity contribution in [3.8, 4) is 0 Å². The molecule has 0 aliphatic heterocycles. The first-order valence-electron chi connectivity index (χ1n) is 5.48. The number of anilines is 1. The number of aromatic amines is 1. The van der Waals surface area contributed by atoms with Crippen molar-refractivity contribution in [1.82, 2.24) is 9.97 Å². The summed E-state index contributed by atoms with van der Waals surface area (Å²) >= 11 is 0. The highest BCUT2D eigenvalue weighted by Gasteiger charge is 2.05. The molecule has 0 atom stereocenters. The van der Waals surface area contributed by atoms with Crippen molar-refractivity contribution in [2.45, 2.75) is 13.5 Å². The monoisotopic (exact) mass is 229 g/mol. The highest BCUT2D eigenvalue weighted by Crippen LogP contribution is 2.08. The van der Waals surface area contributed by atoms with Crippen molar-refractivity contribution in [3.05, 3.63) is 58.0 Å². The van der Waals surface area contributed by atoms with Crippen molar-refractivity contribution < 1.29 is 0 Å². The van der Waals surface area contributed by atoms with E-state index in [1.165, 1.54) is 11.6 Å². The lowest BCUT2D eigenvalue weighted by atomic mass is 10.2. The molecular weight excluding hydrogens is 214 g/mol. The van der Waals surface area contributed by atoms with E-state index in [4.69, 9.17) is 0 Å². The van der Waals surface area contributed by atoms with Gasteiger partial charge in [-0.1, -0.05) is 30.3 Å². The summed E-state index contributed by atoms with van der Waals surface area (Å²) in [5.74, 6) is 0.596. The molecule has 1 heterocycles. The fourth-order valence-electron chi connectivity index (χ4n) is 1.68. The van der Waals surface area contributed by atoms with Gasteiger partial charge >= 0.3 is 0 Å². The molecule has 0 spiro atoms. The maximum atomic E-state index is 11.3. The zero-order chi connectivity index (χ0) is 12.3. The molecule has 0 saturated carbocycles. The maximum Gasteiger partial charge on any atom is 0.252 e.